The van der Waals surface area contributed by atoms with Crippen molar-refractivity contribution in [2.75, 3.05) is 37.9 Å². The molecule has 0 aliphatic carbocycles. The first-order chi connectivity index (χ1) is 14.2. The summed E-state index contributed by atoms with van der Waals surface area (Å²) in [6, 6.07) is 12.3. The number of anilines is 1. The second kappa shape index (κ2) is 8.53. The minimum absolute atomic E-state index is 0. The molecule has 30 heavy (non-hydrogen) atoms. The number of fused-ring (bicyclic) bond motifs is 1. The topological polar surface area (TPSA) is 63.9 Å². The molecule has 0 atom stereocenters. The number of aryl methyl sites for hydroxylation is 2. The van der Waals surface area contributed by atoms with Gasteiger partial charge < -0.3 is 18.8 Å². The zero-order chi connectivity index (χ0) is 19.8. The van der Waals surface area contributed by atoms with Crippen LogP contribution >= 0.6 is 12.4 Å². The first-order valence-corrected chi connectivity index (χ1v) is 9.93. The van der Waals surface area contributed by atoms with Crippen molar-refractivity contribution in [2.45, 2.75) is 20.4 Å². The van der Waals surface area contributed by atoms with E-state index in [1.807, 2.05) is 18.2 Å². The van der Waals surface area contributed by atoms with Gasteiger partial charge in [0.2, 0.25) is 18.6 Å². The summed E-state index contributed by atoms with van der Waals surface area (Å²) < 4.78 is 16.7. The molecule has 158 valence electrons. The Kier molecular flexibility index (Phi) is 5.83. The van der Waals surface area contributed by atoms with Crippen LogP contribution in [0.4, 0.5) is 5.69 Å². The van der Waals surface area contributed by atoms with E-state index in [2.05, 4.69) is 52.0 Å². The first-order valence-electron chi connectivity index (χ1n) is 9.93. The van der Waals surface area contributed by atoms with Crippen molar-refractivity contribution in [3.8, 4) is 23.0 Å². The van der Waals surface area contributed by atoms with Crippen LogP contribution in [0.5, 0.6) is 11.5 Å². The van der Waals surface area contributed by atoms with Crippen LogP contribution in [0.3, 0.4) is 0 Å². The summed E-state index contributed by atoms with van der Waals surface area (Å²) in [7, 11) is 0. The lowest BCUT2D eigenvalue weighted by Gasteiger charge is -2.36. The molecule has 0 bridgehead atoms. The van der Waals surface area contributed by atoms with Crippen LogP contribution in [0.15, 0.2) is 40.8 Å². The monoisotopic (exact) mass is 428 g/mol. The molecule has 5 rings (SSSR count). The number of rotatable bonds is 4. The highest BCUT2D eigenvalue weighted by molar-refractivity contribution is 5.85. The third-order valence-corrected chi connectivity index (χ3v) is 5.52. The zero-order valence-electron chi connectivity index (χ0n) is 17.1. The normalized spacial score (nSPS) is 15.9. The van der Waals surface area contributed by atoms with Crippen molar-refractivity contribution in [1.82, 2.24) is 15.1 Å². The quantitative estimate of drug-likeness (QED) is 0.625. The Morgan fingerprint density at radius 2 is 1.70 bits per heavy atom. The molecule has 0 amide bonds. The van der Waals surface area contributed by atoms with Crippen molar-refractivity contribution in [2.24, 2.45) is 0 Å². The highest BCUT2D eigenvalue weighted by atomic mass is 35.5. The van der Waals surface area contributed by atoms with Gasteiger partial charge in [-0.2, -0.15) is 0 Å². The molecule has 2 aliphatic heterocycles. The molecule has 7 nitrogen and oxygen atoms in total. The van der Waals surface area contributed by atoms with E-state index in [-0.39, 0.29) is 19.2 Å². The third kappa shape index (κ3) is 4.08. The van der Waals surface area contributed by atoms with Gasteiger partial charge in [-0.3, -0.25) is 4.90 Å². The SMILES string of the molecule is Cc1ccc(C)c(N2CCN(Cc3nnc(-c4ccc5c(c4)OCO5)o3)CC2)c1.Cl. The van der Waals surface area contributed by atoms with Gasteiger partial charge in [0, 0.05) is 37.4 Å². The van der Waals surface area contributed by atoms with Crippen LogP contribution in [0.25, 0.3) is 11.5 Å². The summed E-state index contributed by atoms with van der Waals surface area (Å²) in [4.78, 5) is 4.82. The second-order valence-electron chi connectivity index (χ2n) is 7.62. The Balaban J connectivity index is 0.00000218. The minimum atomic E-state index is 0. The number of nitrogens with zero attached hydrogens (tertiary/aromatic N) is 4. The molecule has 0 spiro atoms. The Bertz CT molecular complexity index is 1030. The van der Waals surface area contributed by atoms with Crippen LogP contribution in [0.1, 0.15) is 17.0 Å². The summed E-state index contributed by atoms with van der Waals surface area (Å²) >= 11 is 0. The maximum Gasteiger partial charge on any atom is 0.247 e. The molecule has 1 fully saturated rings. The van der Waals surface area contributed by atoms with Gasteiger partial charge in [-0.1, -0.05) is 12.1 Å². The van der Waals surface area contributed by atoms with Gasteiger partial charge in [0.25, 0.3) is 0 Å². The van der Waals surface area contributed by atoms with Crippen molar-refractivity contribution < 1.29 is 13.9 Å². The summed E-state index contributed by atoms with van der Waals surface area (Å²) in [6.45, 7) is 9.16. The summed E-state index contributed by atoms with van der Waals surface area (Å²) in [5.41, 5.74) is 4.81. The molecule has 8 heteroatoms. The molecule has 2 aliphatic rings. The maximum atomic E-state index is 5.90. The van der Waals surface area contributed by atoms with Gasteiger partial charge in [0.15, 0.2) is 11.5 Å². The predicted molar refractivity (Wildman–Crippen MR) is 117 cm³/mol. The number of halogens is 1. The van der Waals surface area contributed by atoms with Crippen molar-refractivity contribution in [3.05, 3.63) is 53.4 Å². The number of ether oxygens (including phenoxy) is 2. The average Bonchev–Trinajstić information content (AvgIpc) is 3.39. The molecule has 0 radical (unpaired) electrons. The molecule has 0 N–H and O–H groups in total. The fourth-order valence-electron chi connectivity index (χ4n) is 3.86. The van der Waals surface area contributed by atoms with Gasteiger partial charge in [-0.25, -0.2) is 0 Å². The average molecular weight is 429 g/mol. The lowest BCUT2D eigenvalue weighted by Crippen LogP contribution is -2.46. The number of benzene rings is 2. The van der Waals surface area contributed by atoms with Crippen molar-refractivity contribution in [3.63, 3.8) is 0 Å². The molecule has 0 unspecified atom stereocenters. The van der Waals surface area contributed by atoms with E-state index in [4.69, 9.17) is 13.9 Å². The fraction of sp³-hybridized carbons (Fsp3) is 0.364. The lowest BCUT2D eigenvalue weighted by molar-refractivity contribution is 0.174. The smallest absolute Gasteiger partial charge is 0.247 e. The highest BCUT2D eigenvalue weighted by Gasteiger charge is 2.21. The largest absolute Gasteiger partial charge is 0.454 e. The first kappa shape index (κ1) is 20.5. The minimum Gasteiger partial charge on any atom is -0.454 e. The summed E-state index contributed by atoms with van der Waals surface area (Å²) in [5, 5.41) is 8.45. The second-order valence-corrected chi connectivity index (χ2v) is 7.62. The summed E-state index contributed by atoms with van der Waals surface area (Å²) in [5.74, 6) is 2.60. The highest BCUT2D eigenvalue weighted by Crippen LogP contribution is 2.35. The van der Waals surface area contributed by atoms with E-state index in [1.54, 1.807) is 0 Å². The molecule has 2 aromatic carbocycles. The van der Waals surface area contributed by atoms with Crippen LogP contribution in [-0.4, -0.2) is 48.1 Å². The van der Waals surface area contributed by atoms with Crippen LogP contribution in [0, 0.1) is 13.8 Å². The van der Waals surface area contributed by atoms with Gasteiger partial charge in [-0.15, -0.1) is 22.6 Å². The van der Waals surface area contributed by atoms with Crippen LogP contribution < -0.4 is 14.4 Å². The molecule has 3 aromatic rings. The van der Waals surface area contributed by atoms with Gasteiger partial charge in [0.05, 0.1) is 6.54 Å². The van der Waals surface area contributed by atoms with Gasteiger partial charge in [-0.05, 0) is 49.2 Å². The zero-order valence-corrected chi connectivity index (χ0v) is 17.9. The lowest BCUT2D eigenvalue weighted by atomic mass is 10.1. The molecular formula is C22H25ClN4O3. The summed E-state index contributed by atoms with van der Waals surface area (Å²) in [6.07, 6.45) is 0. The van der Waals surface area contributed by atoms with E-state index in [0.717, 1.165) is 37.5 Å². The third-order valence-electron chi connectivity index (χ3n) is 5.52. The number of piperazine rings is 1. The standard InChI is InChI=1S/C22H24N4O3.ClH/c1-15-3-4-16(2)18(11-15)26-9-7-25(8-10-26)13-21-23-24-22(29-21)17-5-6-19-20(12-17)28-14-27-19;/h3-6,11-12H,7-10,13-14H2,1-2H3;1H. The predicted octanol–water partition coefficient (Wildman–Crippen LogP) is 3.83. The molecule has 1 saturated heterocycles. The molecule has 1 aromatic heterocycles. The number of hydrogen-bond donors (Lipinski definition) is 0. The fourth-order valence-corrected chi connectivity index (χ4v) is 3.86. The van der Waals surface area contributed by atoms with Crippen molar-refractivity contribution >= 4 is 18.1 Å². The van der Waals surface area contributed by atoms with E-state index >= 15 is 0 Å². The molecular weight excluding hydrogens is 404 g/mol. The number of hydrogen-bond acceptors (Lipinski definition) is 7. The number of aromatic nitrogens is 2. The Labute approximate surface area is 182 Å². The van der Waals surface area contributed by atoms with Gasteiger partial charge in [0.1, 0.15) is 0 Å². The molecule has 0 saturated carbocycles. The van der Waals surface area contributed by atoms with E-state index in [0.29, 0.717) is 24.1 Å². The maximum absolute atomic E-state index is 5.90. The van der Waals surface area contributed by atoms with E-state index in [1.165, 1.54) is 16.8 Å². The van der Waals surface area contributed by atoms with Crippen molar-refractivity contribution in [1.29, 1.82) is 0 Å². The van der Waals surface area contributed by atoms with Crippen LogP contribution in [0.2, 0.25) is 0 Å². The van der Waals surface area contributed by atoms with Gasteiger partial charge >= 0.3 is 0 Å². The van der Waals surface area contributed by atoms with E-state index < -0.39 is 0 Å². The molecule has 3 heterocycles. The van der Waals surface area contributed by atoms with E-state index in [9.17, 15) is 0 Å². The Hall–Kier alpha value is -2.77. The Morgan fingerprint density at radius 1 is 0.900 bits per heavy atom. The van der Waals surface area contributed by atoms with Crippen LogP contribution in [-0.2, 0) is 6.54 Å². The Morgan fingerprint density at radius 3 is 2.53 bits per heavy atom.